The average molecular weight is 400 g/mol. The van der Waals surface area contributed by atoms with Crippen LogP contribution < -0.4 is 0 Å². The van der Waals surface area contributed by atoms with Crippen LogP contribution in [0.25, 0.3) is 0 Å². The van der Waals surface area contributed by atoms with Crippen LogP contribution in [0.2, 0.25) is 0 Å². The molecule has 0 fully saturated rings. The van der Waals surface area contributed by atoms with Gasteiger partial charge in [-0.25, -0.2) is 0 Å². The fraction of sp³-hybridized carbons (Fsp3) is 0.588. The third kappa shape index (κ3) is 1.92. The molecule has 20 heavy (non-hydrogen) atoms. The van der Waals surface area contributed by atoms with Gasteiger partial charge in [0.15, 0.2) is 5.78 Å². The molecule has 0 bridgehead atoms. The summed E-state index contributed by atoms with van der Waals surface area (Å²) >= 11 is 2.43. The molecule has 3 rings (SSSR count). The summed E-state index contributed by atoms with van der Waals surface area (Å²) in [6.07, 6.45) is 3.94. The normalized spacial score (nSPS) is 33.9. The SMILES string of the molecule is CC1=C(C)CC2=C(C1)C(=O)C1CC(C)=C(C)CC21SI. The molecule has 2 unspecified atom stereocenters. The first-order chi connectivity index (χ1) is 9.40. The second kappa shape index (κ2) is 5.01. The third-order valence-electron chi connectivity index (χ3n) is 5.57. The molecular weight excluding hydrogens is 379 g/mol. The molecule has 0 amide bonds. The summed E-state index contributed by atoms with van der Waals surface area (Å²) in [4.78, 5) is 12.9. The zero-order valence-corrected chi connectivity index (χ0v) is 15.6. The highest BCUT2D eigenvalue weighted by Crippen LogP contribution is 2.61. The smallest absolute Gasteiger partial charge is 0.164 e. The van der Waals surface area contributed by atoms with Gasteiger partial charge in [0, 0.05) is 11.5 Å². The molecule has 0 saturated carbocycles. The van der Waals surface area contributed by atoms with Crippen LogP contribution in [0.1, 0.15) is 53.4 Å². The maximum atomic E-state index is 12.9. The molecule has 0 radical (unpaired) electrons. The van der Waals surface area contributed by atoms with Gasteiger partial charge in [-0.05, 0) is 80.2 Å². The molecule has 0 saturated heterocycles. The zero-order chi connectivity index (χ0) is 14.7. The molecule has 0 N–H and O–H groups in total. The van der Waals surface area contributed by atoms with Gasteiger partial charge in [0.25, 0.3) is 0 Å². The topological polar surface area (TPSA) is 17.1 Å². The van der Waals surface area contributed by atoms with Crippen LogP contribution in [0.5, 0.6) is 0 Å². The van der Waals surface area contributed by atoms with E-state index in [4.69, 9.17) is 0 Å². The van der Waals surface area contributed by atoms with Gasteiger partial charge in [-0.1, -0.05) is 31.2 Å². The summed E-state index contributed by atoms with van der Waals surface area (Å²) in [6, 6.07) is 0. The Kier molecular flexibility index (Phi) is 3.73. The minimum Gasteiger partial charge on any atom is -0.294 e. The van der Waals surface area contributed by atoms with E-state index in [9.17, 15) is 4.79 Å². The Bertz CT molecular complexity index is 596. The van der Waals surface area contributed by atoms with Crippen molar-refractivity contribution in [3.63, 3.8) is 0 Å². The van der Waals surface area contributed by atoms with E-state index in [0.29, 0.717) is 5.78 Å². The number of allylic oxidation sites excluding steroid dienone is 5. The minimum absolute atomic E-state index is 0.0541. The predicted octanol–water partition coefficient (Wildman–Crippen LogP) is 5.56. The minimum atomic E-state index is 0.0541. The lowest BCUT2D eigenvalue weighted by atomic mass is 9.73. The van der Waals surface area contributed by atoms with Gasteiger partial charge >= 0.3 is 0 Å². The van der Waals surface area contributed by atoms with Crippen LogP contribution >= 0.6 is 30.1 Å². The summed E-state index contributed by atoms with van der Waals surface area (Å²) in [5, 5.41) is 0. The van der Waals surface area contributed by atoms with E-state index in [-0.39, 0.29) is 10.7 Å². The number of fused-ring (bicyclic) bond motifs is 2. The van der Waals surface area contributed by atoms with Crippen molar-refractivity contribution in [2.75, 3.05) is 0 Å². The van der Waals surface area contributed by atoms with E-state index >= 15 is 0 Å². The van der Waals surface area contributed by atoms with Crippen molar-refractivity contribution < 1.29 is 4.79 Å². The Morgan fingerprint density at radius 3 is 2.35 bits per heavy atom. The number of hydrogen-bond acceptors (Lipinski definition) is 2. The number of Topliss-reactive ketones (excluding diaryl/α,β-unsaturated/α-hetero) is 1. The number of carbonyl (C=O) groups is 1. The van der Waals surface area contributed by atoms with E-state index in [0.717, 1.165) is 31.3 Å². The number of rotatable bonds is 1. The van der Waals surface area contributed by atoms with Gasteiger partial charge in [-0.3, -0.25) is 4.79 Å². The second-order valence-corrected chi connectivity index (χ2v) is 8.90. The molecule has 0 spiro atoms. The third-order valence-corrected chi connectivity index (χ3v) is 8.88. The number of carbonyl (C=O) groups excluding carboxylic acids is 1. The number of ketones is 1. The van der Waals surface area contributed by atoms with Crippen LogP contribution in [0.4, 0.5) is 0 Å². The number of hydrogen-bond donors (Lipinski definition) is 0. The van der Waals surface area contributed by atoms with Crippen molar-refractivity contribution in [1.82, 2.24) is 0 Å². The summed E-state index contributed by atoms with van der Waals surface area (Å²) in [5.74, 6) is 0.639. The van der Waals surface area contributed by atoms with Crippen molar-refractivity contribution in [2.45, 2.75) is 58.1 Å². The standard InChI is InChI=1S/C17H21IOS/c1-9-5-13-14(6-10(9)2)17(20-18)8-12(4)11(3)7-15(17)16(13)19/h15H,5-8H2,1-4H3. The van der Waals surface area contributed by atoms with Crippen molar-refractivity contribution in [1.29, 1.82) is 0 Å². The van der Waals surface area contributed by atoms with Crippen LogP contribution in [0.15, 0.2) is 33.4 Å². The molecular formula is C17H21IOS. The predicted molar refractivity (Wildman–Crippen MR) is 95.1 cm³/mol. The summed E-state index contributed by atoms with van der Waals surface area (Å²) in [6.45, 7) is 8.88. The van der Waals surface area contributed by atoms with Crippen molar-refractivity contribution in [2.24, 2.45) is 5.92 Å². The molecule has 3 aliphatic rings. The molecule has 3 aliphatic carbocycles. The van der Waals surface area contributed by atoms with Gasteiger partial charge in [-0.2, -0.15) is 0 Å². The highest BCUT2D eigenvalue weighted by Gasteiger charge is 2.55. The molecule has 3 heteroatoms. The highest BCUT2D eigenvalue weighted by molar-refractivity contribution is 14.2. The lowest BCUT2D eigenvalue weighted by Gasteiger charge is -2.40. The van der Waals surface area contributed by atoms with E-state index in [1.54, 1.807) is 0 Å². The first-order valence-corrected chi connectivity index (χ1v) is 10.6. The van der Waals surface area contributed by atoms with E-state index in [1.807, 2.05) is 8.93 Å². The first-order valence-electron chi connectivity index (χ1n) is 7.27. The molecule has 0 aliphatic heterocycles. The molecule has 0 heterocycles. The van der Waals surface area contributed by atoms with Crippen molar-refractivity contribution >= 4 is 35.9 Å². The largest absolute Gasteiger partial charge is 0.294 e. The lowest BCUT2D eigenvalue weighted by Crippen LogP contribution is -2.38. The molecule has 2 atom stereocenters. The quantitative estimate of drug-likeness (QED) is 0.423. The van der Waals surface area contributed by atoms with Gasteiger partial charge in [0.05, 0.1) is 4.75 Å². The Labute approximate surface area is 137 Å². The Hall–Kier alpha value is -0.0300. The first kappa shape index (κ1) is 14.9. The molecule has 0 aromatic carbocycles. The highest BCUT2D eigenvalue weighted by atomic mass is 127. The van der Waals surface area contributed by atoms with Crippen LogP contribution in [0.3, 0.4) is 0 Å². The van der Waals surface area contributed by atoms with Gasteiger partial charge in [0.2, 0.25) is 0 Å². The fourth-order valence-corrected chi connectivity index (χ4v) is 7.00. The Balaban J connectivity index is 2.10. The van der Waals surface area contributed by atoms with Crippen LogP contribution in [-0.2, 0) is 4.79 Å². The molecule has 1 nitrogen and oxygen atoms in total. The molecule has 0 aromatic rings. The summed E-state index contributed by atoms with van der Waals surface area (Å²) in [5.41, 5.74) is 8.44. The van der Waals surface area contributed by atoms with Gasteiger partial charge < -0.3 is 0 Å². The molecule has 108 valence electrons. The van der Waals surface area contributed by atoms with Gasteiger partial charge in [0.1, 0.15) is 0 Å². The van der Waals surface area contributed by atoms with Crippen molar-refractivity contribution in [3.8, 4) is 0 Å². The lowest BCUT2D eigenvalue weighted by molar-refractivity contribution is -0.119. The summed E-state index contributed by atoms with van der Waals surface area (Å²) < 4.78 is 0.0541. The maximum Gasteiger partial charge on any atom is 0.164 e. The van der Waals surface area contributed by atoms with Gasteiger partial charge in [-0.15, -0.1) is 0 Å². The second-order valence-electron chi connectivity index (χ2n) is 6.70. The maximum absolute atomic E-state index is 12.9. The van der Waals surface area contributed by atoms with Crippen molar-refractivity contribution in [3.05, 3.63) is 33.4 Å². The monoisotopic (exact) mass is 400 g/mol. The zero-order valence-electron chi connectivity index (χ0n) is 12.6. The fourth-order valence-electron chi connectivity index (χ4n) is 3.96. The Morgan fingerprint density at radius 2 is 1.70 bits per heavy atom. The Morgan fingerprint density at radius 1 is 1.05 bits per heavy atom. The number of halogens is 1. The van der Waals surface area contributed by atoms with Crippen LogP contribution in [0, 0.1) is 5.92 Å². The average Bonchev–Trinajstić information content (AvgIpc) is 2.63. The van der Waals surface area contributed by atoms with E-state index in [1.165, 1.54) is 27.9 Å². The van der Waals surface area contributed by atoms with E-state index in [2.05, 4.69) is 48.9 Å². The van der Waals surface area contributed by atoms with E-state index < -0.39 is 0 Å². The van der Waals surface area contributed by atoms with Crippen LogP contribution in [-0.4, -0.2) is 10.5 Å². The summed E-state index contributed by atoms with van der Waals surface area (Å²) in [7, 11) is 1.90. The molecule has 0 aromatic heterocycles.